The summed E-state index contributed by atoms with van der Waals surface area (Å²) < 4.78 is 5.81. The second-order valence-electron chi connectivity index (χ2n) is 6.09. The van der Waals surface area contributed by atoms with Crippen LogP contribution in [0, 0.1) is 5.92 Å². The Kier molecular flexibility index (Phi) is 6.98. The summed E-state index contributed by atoms with van der Waals surface area (Å²) >= 11 is 0. The first-order chi connectivity index (χ1) is 10.7. The molecule has 0 atom stereocenters. The molecule has 0 bridgehead atoms. The van der Waals surface area contributed by atoms with Crippen LogP contribution in [0.25, 0.3) is 0 Å². The van der Waals surface area contributed by atoms with Crippen molar-refractivity contribution < 1.29 is 4.74 Å². The van der Waals surface area contributed by atoms with Gasteiger partial charge in [0.05, 0.1) is 6.61 Å². The molecule has 0 fully saturated rings. The van der Waals surface area contributed by atoms with Gasteiger partial charge in [-0.05, 0) is 48.6 Å². The maximum Gasteiger partial charge on any atom is 0.119 e. The summed E-state index contributed by atoms with van der Waals surface area (Å²) in [5.74, 6) is 1.66. The van der Waals surface area contributed by atoms with E-state index in [2.05, 4.69) is 67.7 Å². The summed E-state index contributed by atoms with van der Waals surface area (Å²) in [6, 6.07) is 19.0. The number of hydrogen-bond donors (Lipinski definition) is 1. The minimum Gasteiger partial charge on any atom is -0.494 e. The molecule has 1 N–H and O–H groups in total. The minimum atomic E-state index is 0.683. The molecular weight excluding hydrogens is 270 g/mol. The first kappa shape index (κ1) is 16.6. The van der Waals surface area contributed by atoms with Gasteiger partial charge in [0.15, 0.2) is 0 Å². The van der Waals surface area contributed by atoms with E-state index >= 15 is 0 Å². The van der Waals surface area contributed by atoms with Gasteiger partial charge in [0.25, 0.3) is 0 Å². The zero-order valence-electron chi connectivity index (χ0n) is 13.7. The molecule has 0 heterocycles. The van der Waals surface area contributed by atoms with Crippen molar-refractivity contribution in [3.05, 3.63) is 65.7 Å². The van der Waals surface area contributed by atoms with Crippen LogP contribution in [0.4, 0.5) is 0 Å². The number of benzene rings is 2. The molecule has 2 aromatic rings. The lowest BCUT2D eigenvalue weighted by Gasteiger charge is -2.10. The lowest BCUT2D eigenvalue weighted by molar-refractivity contribution is 0.289. The van der Waals surface area contributed by atoms with Gasteiger partial charge in [-0.25, -0.2) is 0 Å². The summed E-state index contributed by atoms with van der Waals surface area (Å²) in [6.07, 6.45) is 2.16. The SMILES string of the molecule is CC(C)CCOc1cccc(CNCCc2ccccc2)c1. The summed E-state index contributed by atoms with van der Waals surface area (Å²) in [6.45, 7) is 7.10. The summed E-state index contributed by atoms with van der Waals surface area (Å²) in [4.78, 5) is 0. The van der Waals surface area contributed by atoms with E-state index in [0.29, 0.717) is 5.92 Å². The van der Waals surface area contributed by atoms with Crippen molar-refractivity contribution in [1.29, 1.82) is 0 Å². The van der Waals surface area contributed by atoms with Crippen LogP contribution < -0.4 is 10.1 Å². The first-order valence-electron chi connectivity index (χ1n) is 8.20. The number of rotatable bonds is 9. The monoisotopic (exact) mass is 297 g/mol. The van der Waals surface area contributed by atoms with Gasteiger partial charge in [0.2, 0.25) is 0 Å². The normalized spacial score (nSPS) is 10.9. The number of nitrogens with one attached hydrogen (secondary N) is 1. The van der Waals surface area contributed by atoms with Gasteiger partial charge in [-0.2, -0.15) is 0 Å². The van der Waals surface area contributed by atoms with Crippen LogP contribution in [0.5, 0.6) is 5.75 Å². The predicted molar refractivity (Wildman–Crippen MR) is 93.2 cm³/mol. The highest BCUT2D eigenvalue weighted by molar-refractivity contribution is 5.28. The number of hydrogen-bond acceptors (Lipinski definition) is 2. The van der Waals surface area contributed by atoms with Gasteiger partial charge in [-0.3, -0.25) is 0 Å². The minimum absolute atomic E-state index is 0.683. The third-order valence-corrected chi connectivity index (χ3v) is 3.62. The molecule has 0 saturated heterocycles. The Labute approximate surface area is 134 Å². The van der Waals surface area contributed by atoms with Crippen molar-refractivity contribution in [2.45, 2.75) is 33.2 Å². The molecule has 0 radical (unpaired) electrons. The van der Waals surface area contributed by atoms with E-state index < -0.39 is 0 Å². The van der Waals surface area contributed by atoms with E-state index in [1.54, 1.807) is 0 Å². The predicted octanol–water partition coefficient (Wildman–Crippen LogP) is 4.44. The lowest BCUT2D eigenvalue weighted by atomic mass is 10.1. The van der Waals surface area contributed by atoms with Crippen LogP contribution in [0.3, 0.4) is 0 Å². The van der Waals surface area contributed by atoms with E-state index in [4.69, 9.17) is 4.74 Å². The van der Waals surface area contributed by atoms with Crippen molar-refractivity contribution in [1.82, 2.24) is 5.32 Å². The molecule has 22 heavy (non-hydrogen) atoms. The fraction of sp³-hybridized carbons (Fsp3) is 0.400. The van der Waals surface area contributed by atoms with E-state index in [-0.39, 0.29) is 0 Å². The Morgan fingerprint density at radius 3 is 2.50 bits per heavy atom. The molecule has 0 amide bonds. The van der Waals surface area contributed by atoms with Gasteiger partial charge in [-0.15, -0.1) is 0 Å². The van der Waals surface area contributed by atoms with Gasteiger partial charge in [0, 0.05) is 6.54 Å². The van der Waals surface area contributed by atoms with E-state index in [1.165, 1.54) is 11.1 Å². The highest BCUT2D eigenvalue weighted by Crippen LogP contribution is 2.14. The molecule has 0 aliphatic heterocycles. The van der Waals surface area contributed by atoms with Crippen molar-refractivity contribution in [2.75, 3.05) is 13.2 Å². The fourth-order valence-electron chi connectivity index (χ4n) is 2.27. The molecule has 0 spiro atoms. The highest BCUT2D eigenvalue weighted by atomic mass is 16.5. The molecule has 2 rings (SSSR count). The van der Waals surface area contributed by atoms with Crippen LogP contribution in [-0.2, 0) is 13.0 Å². The fourth-order valence-corrected chi connectivity index (χ4v) is 2.27. The average Bonchev–Trinajstić information content (AvgIpc) is 2.53. The maximum atomic E-state index is 5.81. The Balaban J connectivity index is 1.71. The van der Waals surface area contributed by atoms with Crippen LogP contribution in [0.1, 0.15) is 31.4 Å². The Bertz CT molecular complexity index is 536. The van der Waals surface area contributed by atoms with E-state index in [9.17, 15) is 0 Å². The van der Waals surface area contributed by atoms with Crippen molar-refractivity contribution in [3.63, 3.8) is 0 Å². The van der Waals surface area contributed by atoms with Crippen LogP contribution in [0.2, 0.25) is 0 Å². The summed E-state index contributed by atoms with van der Waals surface area (Å²) in [7, 11) is 0. The third kappa shape index (κ3) is 6.31. The van der Waals surface area contributed by atoms with Crippen molar-refractivity contribution in [2.24, 2.45) is 5.92 Å². The molecule has 118 valence electrons. The van der Waals surface area contributed by atoms with Crippen molar-refractivity contribution >= 4 is 0 Å². The molecule has 2 nitrogen and oxygen atoms in total. The third-order valence-electron chi connectivity index (χ3n) is 3.62. The smallest absolute Gasteiger partial charge is 0.119 e. The highest BCUT2D eigenvalue weighted by Gasteiger charge is 1.99. The molecule has 0 aliphatic rings. The maximum absolute atomic E-state index is 5.81. The van der Waals surface area contributed by atoms with Gasteiger partial charge >= 0.3 is 0 Å². The summed E-state index contributed by atoms with van der Waals surface area (Å²) in [5.41, 5.74) is 2.65. The molecular formula is C20H27NO. The molecule has 0 unspecified atom stereocenters. The molecule has 0 aliphatic carbocycles. The standard InChI is InChI=1S/C20H27NO/c1-17(2)12-14-22-20-10-6-9-19(15-20)16-21-13-11-18-7-4-3-5-8-18/h3-10,15,17,21H,11-14,16H2,1-2H3. The van der Waals surface area contributed by atoms with E-state index in [0.717, 1.165) is 38.3 Å². The van der Waals surface area contributed by atoms with Gasteiger partial charge in [0.1, 0.15) is 5.75 Å². The zero-order chi connectivity index (χ0) is 15.6. The van der Waals surface area contributed by atoms with Crippen molar-refractivity contribution in [3.8, 4) is 5.75 Å². The van der Waals surface area contributed by atoms with E-state index in [1.807, 2.05) is 6.07 Å². The Morgan fingerprint density at radius 2 is 1.73 bits per heavy atom. The second kappa shape index (κ2) is 9.26. The van der Waals surface area contributed by atoms with Crippen LogP contribution >= 0.6 is 0 Å². The van der Waals surface area contributed by atoms with Crippen LogP contribution in [-0.4, -0.2) is 13.2 Å². The first-order valence-corrected chi connectivity index (χ1v) is 8.20. The van der Waals surface area contributed by atoms with Gasteiger partial charge in [-0.1, -0.05) is 56.3 Å². The topological polar surface area (TPSA) is 21.3 Å². The largest absolute Gasteiger partial charge is 0.494 e. The Hall–Kier alpha value is -1.80. The lowest BCUT2D eigenvalue weighted by Crippen LogP contribution is -2.16. The zero-order valence-corrected chi connectivity index (χ0v) is 13.7. The quantitative estimate of drug-likeness (QED) is 0.691. The molecule has 2 heteroatoms. The van der Waals surface area contributed by atoms with Gasteiger partial charge < -0.3 is 10.1 Å². The molecule has 0 aromatic heterocycles. The Morgan fingerprint density at radius 1 is 0.955 bits per heavy atom. The second-order valence-corrected chi connectivity index (χ2v) is 6.09. The number of ether oxygens (including phenoxy) is 1. The average molecular weight is 297 g/mol. The van der Waals surface area contributed by atoms with Crippen LogP contribution in [0.15, 0.2) is 54.6 Å². The molecule has 2 aromatic carbocycles. The molecule has 0 saturated carbocycles. The summed E-state index contributed by atoms with van der Waals surface area (Å²) in [5, 5.41) is 3.50.